The predicted molar refractivity (Wildman–Crippen MR) is 94.1 cm³/mol. The molecule has 0 amide bonds. The molecule has 1 saturated carbocycles. The average Bonchev–Trinajstić information content (AvgIpc) is 3.39. The van der Waals surface area contributed by atoms with Crippen LogP contribution < -0.4 is 5.32 Å². The second kappa shape index (κ2) is 9.22. The lowest BCUT2D eigenvalue weighted by Gasteiger charge is -2.22. The molecule has 132 valence electrons. The lowest BCUT2D eigenvalue weighted by molar-refractivity contribution is -0.385. The summed E-state index contributed by atoms with van der Waals surface area (Å²) >= 11 is 0. The van der Waals surface area contributed by atoms with E-state index in [9.17, 15) is 10.1 Å². The Hall–Kier alpha value is -2.15. The molecule has 0 aromatic heterocycles. The molecule has 0 heterocycles. The van der Waals surface area contributed by atoms with Crippen molar-refractivity contribution in [3.8, 4) is 0 Å². The summed E-state index contributed by atoms with van der Waals surface area (Å²) in [5, 5.41) is 14.3. The molecule has 2 rings (SSSR count). The Morgan fingerprint density at radius 3 is 2.88 bits per heavy atom. The largest absolute Gasteiger partial charge is 0.379 e. The van der Waals surface area contributed by atoms with Crippen LogP contribution in [-0.4, -0.2) is 49.1 Å². The van der Waals surface area contributed by atoms with E-state index in [0.717, 1.165) is 31.6 Å². The van der Waals surface area contributed by atoms with Crippen molar-refractivity contribution in [2.75, 3.05) is 33.4 Å². The first kappa shape index (κ1) is 18.2. The number of likely N-dealkylation sites (N-methyl/N-ethyl adjacent to an activating group) is 1. The highest BCUT2D eigenvalue weighted by Gasteiger charge is 2.21. The number of para-hydroxylation sites is 1. The third kappa shape index (κ3) is 5.81. The first-order chi connectivity index (χ1) is 11.6. The topological polar surface area (TPSA) is 80.0 Å². The van der Waals surface area contributed by atoms with Gasteiger partial charge in [0.05, 0.1) is 23.6 Å². The van der Waals surface area contributed by atoms with Crippen molar-refractivity contribution in [1.82, 2.24) is 10.2 Å². The molecule has 0 atom stereocenters. The van der Waals surface area contributed by atoms with Crippen LogP contribution in [0.1, 0.15) is 25.3 Å². The number of nitro groups is 1. The van der Waals surface area contributed by atoms with E-state index in [-0.39, 0.29) is 17.2 Å². The molecule has 1 aliphatic carbocycles. The van der Waals surface area contributed by atoms with E-state index in [0.29, 0.717) is 12.2 Å². The van der Waals surface area contributed by atoms with Crippen molar-refractivity contribution >= 4 is 11.6 Å². The van der Waals surface area contributed by atoms with E-state index in [1.54, 1.807) is 18.2 Å². The van der Waals surface area contributed by atoms with E-state index >= 15 is 0 Å². The highest BCUT2D eigenvalue weighted by molar-refractivity contribution is 5.79. The number of aliphatic imine (C=N–C) groups is 1. The lowest BCUT2D eigenvalue weighted by Crippen LogP contribution is -2.40. The van der Waals surface area contributed by atoms with Gasteiger partial charge in [0.15, 0.2) is 5.96 Å². The zero-order valence-electron chi connectivity index (χ0n) is 14.4. The highest BCUT2D eigenvalue weighted by Crippen LogP contribution is 2.28. The van der Waals surface area contributed by atoms with Gasteiger partial charge in [0.2, 0.25) is 0 Å². The van der Waals surface area contributed by atoms with Crippen LogP contribution in [0, 0.1) is 16.0 Å². The van der Waals surface area contributed by atoms with Crippen LogP contribution in [0.25, 0.3) is 0 Å². The molecular weight excluding hydrogens is 308 g/mol. The summed E-state index contributed by atoms with van der Waals surface area (Å²) in [7, 11) is 1.95. The molecule has 0 unspecified atom stereocenters. The third-order valence-corrected chi connectivity index (χ3v) is 3.91. The molecular formula is C17H26N4O3. The summed E-state index contributed by atoms with van der Waals surface area (Å²) in [6.07, 6.45) is 2.57. The molecule has 0 aliphatic heterocycles. The van der Waals surface area contributed by atoms with Gasteiger partial charge < -0.3 is 15.0 Å². The van der Waals surface area contributed by atoms with Crippen molar-refractivity contribution in [3.63, 3.8) is 0 Å². The van der Waals surface area contributed by atoms with Gasteiger partial charge in [-0.2, -0.15) is 0 Å². The van der Waals surface area contributed by atoms with Crippen molar-refractivity contribution in [1.29, 1.82) is 0 Å². The van der Waals surface area contributed by atoms with E-state index < -0.39 is 0 Å². The number of nitrogens with zero attached hydrogens (tertiary/aromatic N) is 3. The van der Waals surface area contributed by atoms with Gasteiger partial charge in [-0.15, -0.1) is 0 Å². The van der Waals surface area contributed by atoms with E-state index in [1.165, 1.54) is 18.9 Å². The minimum Gasteiger partial charge on any atom is -0.379 e. The van der Waals surface area contributed by atoms with Gasteiger partial charge >= 0.3 is 0 Å². The van der Waals surface area contributed by atoms with Gasteiger partial charge in [-0.1, -0.05) is 18.2 Å². The summed E-state index contributed by atoms with van der Waals surface area (Å²) in [5.74, 6) is 1.49. The normalized spacial score (nSPS) is 14.5. The number of benzene rings is 1. The number of ether oxygens (including phenoxy) is 1. The Bertz CT molecular complexity index is 573. The molecule has 0 saturated heterocycles. The summed E-state index contributed by atoms with van der Waals surface area (Å²) < 4.78 is 5.66. The fourth-order valence-electron chi connectivity index (χ4n) is 2.29. The number of hydrogen-bond acceptors (Lipinski definition) is 4. The maximum absolute atomic E-state index is 11.1. The number of nitro benzene ring substituents is 1. The van der Waals surface area contributed by atoms with Crippen LogP contribution in [-0.2, 0) is 11.3 Å². The molecule has 0 bridgehead atoms. The van der Waals surface area contributed by atoms with Crippen molar-refractivity contribution in [3.05, 3.63) is 39.9 Å². The summed E-state index contributed by atoms with van der Waals surface area (Å²) in [6, 6.07) is 6.71. The zero-order chi connectivity index (χ0) is 17.4. The Morgan fingerprint density at radius 2 is 2.21 bits per heavy atom. The fraction of sp³-hybridized carbons (Fsp3) is 0.588. The van der Waals surface area contributed by atoms with Gasteiger partial charge in [-0.05, 0) is 25.7 Å². The first-order valence-corrected chi connectivity index (χ1v) is 8.41. The van der Waals surface area contributed by atoms with Crippen molar-refractivity contribution in [2.24, 2.45) is 10.9 Å². The fourth-order valence-corrected chi connectivity index (χ4v) is 2.29. The van der Waals surface area contributed by atoms with E-state index in [2.05, 4.69) is 10.3 Å². The second-order valence-electron chi connectivity index (χ2n) is 6.00. The van der Waals surface area contributed by atoms with Gasteiger partial charge in [-0.25, -0.2) is 4.99 Å². The van der Waals surface area contributed by atoms with Crippen LogP contribution in [0.2, 0.25) is 0 Å². The molecule has 1 fully saturated rings. The minimum absolute atomic E-state index is 0.104. The van der Waals surface area contributed by atoms with Crippen molar-refractivity contribution in [2.45, 2.75) is 26.3 Å². The van der Waals surface area contributed by atoms with Crippen LogP contribution in [0.5, 0.6) is 0 Å². The number of nitrogens with one attached hydrogen (secondary N) is 1. The Labute approximate surface area is 142 Å². The van der Waals surface area contributed by atoms with Crippen LogP contribution >= 0.6 is 0 Å². The molecule has 1 N–H and O–H groups in total. The summed E-state index contributed by atoms with van der Waals surface area (Å²) in [5.41, 5.74) is 0.712. The lowest BCUT2D eigenvalue weighted by atomic mass is 10.2. The van der Waals surface area contributed by atoms with Gasteiger partial charge in [0.1, 0.15) is 0 Å². The quantitative estimate of drug-likeness (QED) is 0.247. The Kier molecular flexibility index (Phi) is 6.99. The standard InChI is InChI=1S/C17H26N4O3/c1-3-18-17(20(2)10-11-24-13-14-8-9-14)19-12-15-6-4-5-7-16(15)21(22)23/h4-7,14H,3,8-13H2,1-2H3,(H,18,19). The van der Waals surface area contributed by atoms with E-state index in [4.69, 9.17) is 4.74 Å². The molecule has 1 aliphatic rings. The zero-order valence-corrected chi connectivity index (χ0v) is 14.4. The molecule has 0 spiro atoms. The molecule has 1 aromatic carbocycles. The molecule has 1 aromatic rings. The maximum Gasteiger partial charge on any atom is 0.274 e. The van der Waals surface area contributed by atoms with Crippen LogP contribution in [0.15, 0.2) is 29.3 Å². The molecule has 0 radical (unpaired) electrons. The summed E-state index contributed by atoms with van der Waals surface area (Å²) in [6.45, 7) is 5.24. The molecule has 7 heteroatoms. The Morgan fingerprint density at radius 1 is 1.46 bits per heavy atom. The minimum atomic E-state index is -0.368. The maximum atomic E-state index is 11.1. The Balaban J connectivity index is 1.92. The van der Waals surface area contributed by atoms with Gasteiger partial charge in [-0.3, -0.25) is 10.1 Å². The SMILES string of the molecule is CCNC(=NCc1ccccc1[N+](=O)[O-])N(C)CCOCC1CC1. The van der Waals surface area contributed by atoms with E-state index in [1.807, 2.05) is 18.9 Å². The molecule has 24 heavy (non-hydrogen) atoms. The van der Waals surface area contributed by atoms with Gasteiger partial charge in [0, 0.05) is 32.8 Å². The summed E-state index contributed by atoms with van der Waals surface area (Å²) in [4.78, 5) is 17.2. The van der Waals surface area contributed by atoms with Gasteiger partial charge in [0.25, 0.3) is 5.69 Å². The third-order valence-electron chi connectivity index (χ3n) is 3.91. The average molecular weight is 334 g/mol. The number of rotatable bonds is 9. The van der Waals surface area contributed by atoms with Crippen molar-refractivity contribution < 1.29 is 9.66 Å². The monoisotopic (exact) mass is 334 g/mol. The smallest absolute Gasteiger partial charge is 0.274 e. The molecule has 7 nitrogen and oxygen atoms in total. The first-order valence-electron chi connectivity index (χ1n) is 8.41. The predicted octanol–water partition coefficient (Wildman–Crippen LogP) is 2.42. The highest BCUT2D eigenvalue weighted by atomic mass is 16.6. The van der Waals surface area contributed by atoms with Crippen LogP contribution in [0.4, 0.5) is 5.69 Å². The van der Waals surface area contributed by atoms with Crippen LogP contribution in [0.3, 0.4) is 0 Å². The number of hydrogen-bond donors (Lipinski definition) is 1. The second-order valence-corrected chi connectivity index (χ2v) is 6.00. The number of guanidine groups is 1.